The van der Waals surface area contributed by atoms with Crippen LogP contribution in [0.15, 0.2) is 35.2 Å². The van der Waals surface area contributed by atoms with Crippen molar-refractivity contribution >= 4 is 11.4 Å². The van der Waals surface area contributed by atoms with Crippen LogP contribution in [-0.4, -0.2) is 15.8 Å². The molecule has 0 bridgehead atoms. The zero-order valence-electron chi connectivity index (χ0n) is 14.7. The first-order chi connectivity index (χ1) is 11.9. The third kappa shape index (κ3) is 2.41. The summed E-state index contributed by atoms with van der Waals surface area (Å²) >= 11 is 0. The highest BCUT2D eigenvalue weighted by atomic mass is 16.1. The smallest absolute Gasteiger partial charge is 0.254 e. The molecule has 2 aliphatic rings. The van der Waals surface area contributed by atoms with Crippen molar-refractivity contribution in [3.05, 3.63) is 57.8 Å². The van der Waals surface area contributed by atoms with Gasteiger partial charge >= 0.3 is 0 Å². The molecule has 0 amide bonds. The molecule has 5 nitrogen and oxygen atoms in total. The van der Waals surface area contributed by atoms with Gasteiger partial charge in [0.2, 0.25) is 0 Å². The number of nitrogens with zero attached hydrogens (tertiary/aromatic N) is 2. The van der Waals surface area contributed by atoms with Crippen LogP contribution in [0.4, 0.5) is 0 Å². The fourth-order valence-corrected chi connectivity index (χ4v) is 4.27. The minimum absolute atomic E-state index is 0.0320. The molecule has 2 aliphatic carbocycles. The Morgan fingerprint density at radius 2 is 2.24 bits per heavy atom. The Morgan fingerprint density at radius 3 is 2.84 bits per heavy atom. The Bertz CT molecular complexity index is 929. The van der Waals surface area contributed by atoms with Crippen molar-refractivity contribution in [1.29, 1.82) is 5.26 Å². The molecular formula is C20H21N3O2. The second-order valence-electron chi connectivity index (χ2n) is 6.94. The van der Waals surface area contributed by atoms with Gasteiger partial charge in [0.1, 0.15) is 11.9 Å². The lowest BCUT2D eigenvalue weighted by Gasteiger charge is -2.45. The molecular weight excluding hydrogens is 314 g/mol. The molecule has 0 spiro atoms. The van der Waals surface area contributed by atoms with Crippen LogP contribution in [0.3, 0.4) is 0 Å². The minimum atomic E-state index is -0.602. The molecule has 0 saturated heterocycles. The fourth-order valence-electron chi connectivity index (χ4n) is 4.27. The van der Waals surface area contributed by atoms with E-state index in [9.17, 15) is 14.9 Å². The molecule has 128 valence electrons. The summed E-state index contributed by atoms with van der Waals surface area (Å²) in [6.45, 7) is 9.48. The van der Waals surface area contributed by atoms with Crippen LogP contribution in [0.5, 0.6) is 0 Å². The van der Waals surface area contributed by atoms with Crippen molar-refractivity contribution in [2.45, 2.75) is 39.0 Å². The molecule has 1 heterocycles. The Balaban J connectivity index is 2.31. The van der Waals surface area contributed by atoms with E-state index in [2.05, 4.69) is 11.6 Å². The number of H-pyrrole nitrogens is 1. The topological polar surface area (TPSA) is 86.6 Å². The SMILES string of the molecule is C=C/C(=C\C)c1nc2c(c(=O)[nH]1)CC[C@@H]1[C@@H](C)C(=O)C(C#N)=C[C@@]21C. The highest BCUT2D eigenvalue weighted by Crippen LogP contribution is 2.48. The van der Waals surface area contributed by atoms with Crippen LogP contribution in [0.2, 0.25) is 0 Å². The lowest BCUT2D eigenvalue weighted by molar-refractivity contribution is -0.121. The Kier molecular flexibility index (Phi) is 4.08. The summed E-state index contributed by atoms with van der Waals surface area (Å²) in [5.41, 5.74) is 1.48. The maximum absolute atomic E-state index is 12.6. The predicted octanol–water partition coefficient (Wildman–Crippen LogP) is 2.85. The summed E-state index contributed by atoms with van der Waals surface area (Å²) in [7, 11) is 0. The number of Topliss-reactive ketones (excluding diaryl/α,β-unsaturated/α-hetero) is 1. The van der Waals surface area contributed by atoms with Crippen molar-refractivity contribution in [3.8, 4) is 6.07 Å². The molecule has 1 N–H and O–H groups in total. The Morgan fingerprint density at radius 1 is 1.52 bits per heavy atom. The fraction of sp³-hybridized carbons (Fsp3) is 0.400. The van der Waals surface area contributed by atoms with E-state index in [4.69, 9.17) is 4.98 Å². The van der Waals surface area contributed by atoms with Crippen LogP contribution in [0.1, 0.15) is 44.3 Å². The molecule has 0 fully saturated rings. The molecule has 3 rings (SSSR count). The largest absolute Gasteiger partial charge is 0.306 e. The maximum atomic E-state index is 12.6. The molecule has 3 atom stereocenters. The number of hydrogen-bond acceptors (Lipinski definition) is 4. The number of carbonyl (C=O) groups excluding carboxylic acids is 1. The van der Waals surface area contributed by atoms with Gasteiger partial charge in [0.15, 0.2) is 5.78 Å². The number of aromatic nitrogens is 2. The lowest BCUT2D eigenvalue weighted by atomic mass is 9.58. The number of rotatable bonds is 2. The van der Waals surface area contributed by atoms with Gasteiger partial charge in [-0.25, -0.2) is 4.98 Å². The molecule has 5 heteroatoms. The average molecular weight is 335 g/mol. The summed E-state index contributed by atoms with van der Waals surface area (Å²) in [5.74, 6) is 0.130. The predicted molar refractivity (Wildman–Crippen MR) is 95.7 cm³/mol. The third-order valence-electron chi connectivity index (χ3n) is 5.65. The van der Waals surface area contributed by atoms with Crippen molar-refractivity contribution in [2.75, 3.05) is 0 Å². The first-order valence-corrected chi connectivity index (χ1v) is 8.47. The normalized spacial score (nSPS) is 28.5. The number of ketones is 1. The van der Waals surface area contributed by atoms with Gasteiger partial charge in [-0.15, -0.1) is 0 Å². The summed E-state index contributed by atoms with van der Waals surface area (Å²) in [4.78, 5) is 32.6. The standard InChI is InChI=1S/C20H21N3O2/c1-5-12(6-2)18-22-17-14(19(25)23-18)7-8-15-11(3)16(24)13(10-21)9-20(15,17)4/h5-6,9,11,15H,1,7-8H2,2-4H3,(H,22,23,25)/b12-6+/t11-,15-,20-/m1/s1. The number of allylic oxidation sites excluding steroid dienone is 5. The second kappa shape index (κ2) is 5.96. The van der Waals surface area contributed by atoms with Gasteiger partial charge < -0.3 is 4.98 Å². The van der Waals surface area contributed by atoms with E-state index in [1.807, 2.05) is 32.9 Å². The third-order valence-corrected chi connectivity index (χ3v) is 5.65. The quantitative estimate of drug-likeness (QED) is 0.842. The van der Waals surface area contributed by atoms with Gasteiger partial charge in [-0.3, -0.25) is 9.59 Å². The highest BCUT2D eigenvalue weighted by Gasteiger charge is 2.49. The summed E-state index contributed by atoms with van der Waals surface area (Å²) in [6, 6.07) is 2.02. The van der Waals surface area contributed by atoms with E-state index < -0.39 is 5.41 Å². The number of nitrogens with one attached hydrogen (secondary N) is 1. The van der Waals surface area contributed by atoms with E-state index in [-0.39, 0.29) is 28.8 Å². The first-order valence-electron chi connectivity index (χ1n) is 8.47. The van der Waals surface area contributed by atoms with Crippen LogP contribution < -0.4 is 5.56 Å². The average Bonchev–Trinajstić information content (AvgIpc) is 2.60. The molecule has 0 saturated carbocycles. The molecule has 25 heavy (non-hydrogen) atoms. The highest BCUT2D eigenvalue weighted by molar-refractivity contribution is 6.02. The number of aromatic amines is 1. The van der Waals surface area contributed by atoms with Gasteiger partial charge in [-0.1, -0.05) is 38.7 Å². The summed E-state index contributed by atoms with van der Waals surface area (Å²) < 4.78 is 0. The van der Waals surface area contributed by atoms with Crippen molar-refractivity contribution < 1.29 is 4.79 Å². The van der Waals surface area contributed by atoms with E-state index in [1.165, 1.54) is 0 Å². The Hall–Kier alpha value is -2.74. The van der Waals surface area contributed by atoms with Gasteiger partial charge in [-0.05, 0) is 25.7 Å². The van der Waals surface area contributed by atoms with E-state index >= 15 is 0 Å². The summed E-state index contributed by atoms with van der Waals surface area (Å²) in [5, 5.41) is 9.36. The Labute approximate surface area is 146 Å². The second-order valence-corrected chi connectivity index (χ2v) is 6.94. The van der Waals surface area contributed by atoms with Crippen molar-refractivity contribution in [2.24, 2.45) is 11.8 Å². The zero-order valence-corrected chi connectivity index (χ0v) is 14.7. The number of carbonyl (C=O) groups is 1. The monoisotopic (exact) mass is 335 g/mol. The molecule has 0 radical (unpaired) electrons. The van der Waals surface area contributed by atoms with E-state index in [0.717, 1.165) is 12.0 Å². The summed E-state index contributed by atoms with van der Waals surface area (Å²) in [6.07, 6.45) is 6.52. The number of fused-ring (bicyclic) bond motifs is 3. The van der Waals surface area contributed by atoms with Gasteiger partial charge in [0.25, 0.3) is 5.56 Å². The van der Waals surface area contributed by atoms with Gasteiger partial charge in [0.05, 0.1) is 11.3 Å². The van der Waals surface area contributed by atoms with Crippen LogP contribution in [-0.2, 0) is 16.6 Å². The van der Waals surface area contributed by atoms with Crippen LogP contribution in [0, 0.1) is 23.2 Å². The lowest BCUT2D eigenvalue weighted by Crippen LogP contribution is -2.47. The van der Waals surface area contributed by atoms with Gasteiger partial charge in [-0.2, -0.15) is 5.26 Å². The first kappa shape index (κ1) is 17.1. The molecule has 0 unspecified atom stereocenters. The molecule has 1 aromatic rings. The molecule has 0 aliphatic heterocycles. The number of nitriles is 1. The van der Waals surface area contributed by atoms with Gasteiger partial charge in [0, 0.05) is 22.5 Å². The van der Waals surface area contributed by atoms with E-state index in [1.54, 1.807) is 12.2 Å². The van der Waals surface area contributed by atoms with Crippen LogP contribution in [0.25, 0.3) is 5.57 Å². The van der Waals surface area contributed by atoms with Crippen molar-refractivity contribution in [3.63, 3.8) is 0 Å². The molecule has 0 aromatic carbocycles. The number of hydrogen-bond donors (Lipinski definition) is 1. The van der Waals surface area contributed by atoms with E-state index in [0.29, 0.717) is 23.5 Å². The van der Waals surface area contributed by atoms with Crippen LogP contribution >= 0.6 is 0 Å². The minimum Gasteiger partial charge on any atom is -0.306 e. The maximum Gasteiger partial charge on any atom is 0.254 e. The zero-order chi connectivity index (χ0) is 18.4. The van der Waals surface area contributed by atoms with Crippen molar-refractivity contribution in [1.82, 2.24) is 9.97 Å². The molecule has 1 aromatic heterocycles.